The maximum atomic E-state index is 12.3. The minimum absolute atomic E-state index is 0.0777. The molecule has 11 heteroatoms. The van der Waals surface area contributed by atoms with Crippen molar-refractivity contribution in [1.29, 1.82) is 5.41 Å². The molecule has 2 N–H and O–H groups in total. The highest BCUT2D eigenvalue weighted by molar-refractivity contribution is 5.63. The van der Waals surface area contributed by atoms with Gasteiger partial charge in [0, 0.05) is 5.56 Å². The molecule has 1 aromatic carbocycles. The maximum Gasteiger partial charge on any atom is 0.422 e. The molecule has 0 aliphatic heterocycles. The van der Waals surface area contributed by atoms with Gasteiger partial charge in [-0.15, -0.1) is 5.10 Å². The van der Waals surface area contributed by atoms with Crippen molar-refractivity contribution in [1.82, 2.24) is 9.94 Å². The van der Waals surface area contributed by atoms with Gasteiger partial charge in [0.1, 0.15) is 0 Å². The molecule has 0 aliphatic carbocycles. The molecule has 0 atom stereocenters. The van der Waals surface area contributed by atoms with E-state index in [2.05, 4.69) is 14.6 Å². The van der Waals surface area contributed by atoms with Crippen molar-refractivity contribution in [3.8, 4) is 22.8 Å². The molecule has 0 amide bonds. The van der Waals surface area contributed by atoms with E-state index in [1.165, 1.54) is 18.2 Å². The van der Waals surface area contributed by atoms with Crippen LogP contribution in [-0.2, 0) is 0 Å². The quantitative estimate of drug-likeness (QED) is 0.641. The normalized spacial score (nSPS) is 11.6. The highest BCUT2D eigenvalue weighted by Crippen LogP contribution is 2.34. The second-order valence-corrected chi connectivity index (χ2v) is 4.44. The number of benzene rings is 1. The zero-order valence-electron chi connectivity index (χ0n) is 11.7. The van der Waals surface area contributed by atoms with E-state index in [1.807, 2.05) is 0 Å². The molecule has 0 unspecified atom stereocenters. The van der Waals surface area contributed by atoms with Crippen LogP contribution in [0, 0.1) is 5.41 Å². The summed E-state index contributed by atoms with van der Waals surface area (Å²) in [7, 11) is 0. The standard InChI is InChI=1S/C13H10F5N3O3/c14-12(15)24-9-3-1-7(5-10(9)23-6-13(16,17)18)8-2-4-11(19)21(22)20-8/h1-5,12,19,22H,6H2. The first-order valence-electron chi connectivity index (χ1n) is 6.29. The van der Waals surface area contributed by atoms with Gasteiger partial charge in [0.05, 0.1) is 5.69 Å². The van der Waals surface area contributed by atoms with Crippen molar-refractivity contribution in [3.05, 3.63) is 35.8 Å². The van der Waals surface area contributed by atoms with Gasteiger partial charge < -0.3 is 14.7 Å². The molecule has 24 heavy (non-hydrogen) atoms. The van der Waals surface area contributed by atoms with Crippen LogP contribution in [0.1, 0.15) is 0 Å². The molecular formula is C13H10F5N3O3. The van der Waals surface area contributed by atoms with E-state index in [0.717, 1.165) is 12.1 Å². The molecule has 0 radical (unpaired) electrons. The van der Waals surface area contributed by atoms with Crippen molar-refractivity contribution in [3.63, 3.8) is 0 Å². The van der Waals surface area contributed by atoms with Crippen LogP contribution in [0.15, 0.2) is 30.3 Å². The Morgan fingerprint density at radius 1 is 1.17 bits per heavy atom. The lowest BCUT2D eigenvalue weighted by atomic mass is 10.1. The molecular weight excluding hydrogens is 341 g/mol. The van der Waals surface area contributed by atoms with Crippen LogP contribution in [0.25, 0.3) is 11.3 Å². The Labute approximate surface area is 131 Å². The molecule has 0 fully saturated rings. The molecule has 0 saturated carbocycles. The number of nitrogens with one attached hydrogen (secondary N) is 1. The van der Waals surface area contributed by atoms with Crippen molar-refractivity contribution >= 4 is 0 Å². The lowest BCUT2D eigenvalue weighted by Gasteiger charge is -2.14. The average molecular weight is 351 g/mol. The van der Waals surface area contributed by atoms with Gasteiger partial charge in [-0.05, 0) is 30.3 Å². The highest BCUT2D eigenvalue weighted by atomic mass is 19.4. The monoisotopic (exact) mass is 351 g/mol. The second kappa shape index (κ2) is 6.72. The van der Waals surface area contributed by atoms with Gasteiger partial charge in [0.2, 0.25) is 0 Å². The number of alkyl halides is 5. The summed E-state index contributed by atoms with van der Waals surface area (Å²) in [5.41, 5.74) is -0.0875. The van der Waals surface area contributed by atoms with Crippen molar-refractivity contribution < 1.29 is 36.6 Å². The minimum atomic E-state index is -4.67. The van der Waals surface area contributed by atoms with Crippen LogP contribution >= 0.6 is 0 Å². The minimum Gasteiger partial charge on any atom is -0.480 e. The fraction of sp³-hybridized carbons (Fsp3) is 0.231. The topological polar surface area (TPSA) is 80.4 Å². The van der Waals surface area contributed by atoms with E-state index in [1.54, 1.807) is 0 Å². The first kappa shape index (κ1) is 17.5. The molecule has 0 aliphatic rings. The molecule has 2 aromatic rings. The first-order valence-corrected chi connectivity index (χ1v) is 6.29. The summed E-state index contributed by atoms with van der Waals surface area (Å²) in [6.45, 7) is -4.95. The fourth-order valence-electron chi connectivity index (χ4n) is 1.70. The van der Waals surface area contributed by atoms with Gasteiger partial charge in [0.25, 0.3) is 0 Å². The molecule has 0 saturated heterocycles. The summed E-state index contributed by atoms with van der Waals surface area (Å²) in [5.74, 6) is -1.14. The van der Waals surface area contributed by atoms with Crippen LogP contribution < -0.4 is 15.0 Å². The molecule has 6 nitrogen and oxygen atoms in total. The van der Waals surface area contributed by atoms with Crippen molar-refractivity contribution in [2.75, 3.05) is 6.61 Å². The van der Waals surface area contributed by atoms with E-state index < -0.39 is 30.9 Å². The summed E-state index contributed by atoms with van der Waals surface area (Å²) >= 11 is 0. The highest BCUT2D eigenvalue weighted by Gasteiger charge is 2.29. The van der Waals surface area contributed by atoms with E-state index >= 15 is 0 Å². The van der Waals surface area contributed by atoms with Crippen LogP contribution in [0.4, 0.5) is 22.0 Å². The average Bonchev–Trinajstić information content (AvgIpc) is 2.47. The molecule has 1 heterocycles. The molecule has 130 valence electrons. The predicted molar refractivity (Wildman–Crippen MR) is 68.9 cm³/mol. The number of halogens is 5. The van der Waals surface area contributed by atoms with Crippen LogP contribution in [0.3, 0.4) is 0 Å². The number of hydrogen-bond acceptors (Lipinski definition) is 5. The van der Waals surface area contributed by atoms with Gasteiger partial charge >= 0.3 is 12.8 Å². The summed E-state index contributed by atoms with van der Waals surface area (Å²) in [5, 5.41) is 20.2. The van der Waals surface area contributed by atoms with E-state index in [9.17, 15) is 27.2 Å². The Hall–Kier alpha value is -2.85. The SMILES string of the molecule is N=c1ccc(-c2ccc(OC(F)F)c(OCC(F)(F)F)c2)nn1O. The number of aromatic nitrogens is 2. The fourth-order valence-corrected chi connectivity index (χ4v) is 1.70. The zero-order valence-corrected chi connectivity index (χ0v) is 11.7. The predicted octanol–water partition coefficient (Wildman–Crippen LogP) is 2.81. The van der Waals surface area contributed by atoms with Gasteiger partial charge in [-0.25, -0.2) is 0 Å². The number of rotatable bonds is 5. The van der Waals surface area contributed by atoms with E-state index in [4.69, 9.17) is 5.41 Å². The van der Waals surface area contributed by atoms with Gasteiger partial charge in [-0.2, -0.15) is 22.0 Å². The van der Waals surface area contributed by atoms with Crippen LogP contribution in [0.5, 0.6) is 11.5 Å². The Balaban J connectivity index is 2.39. The first-order chi connectivity index (χ1) is 11.2. The third-order valence-corrected chi connectivity index (χ3v) is 2.66. The summed E-state index contributed by atoms with van der Waals surface area (Å²) in [6, 6.07) is 5.73. The number of hydrogen-bond donors (Lipinski definition) is 2. The third kappa shape index (κ3) is 4.57. The van der Waals surface area contributed by atoms with Gasteiger partial charge in [-0.3, -0.25) is 5.41 Å². The van der Waals surface area contributed by atoms with Crippen molar-refractivity contribution in [2.24, 2.45) is 0 Å². The summed E-state index contributed by atoms with van der Waals surface area (Å²) in [4.78, 5) is 0.245. The van der Waals surface area contributed by atoms with E-state index in [0.29, 0.717) is 0 Å². The largest absolute Gasteiger partial charge is 0.480 e. The third-order valence-electron chi connectivity index (χ3n) is 2.66. The Morgan fingerprint density at radius 3 is 2.46 bits per heavy atom. The molecule has 2 rings (SSSR count). The Kier molecular flexibility index (Phi) is 4.90. The smallest absolute Gasteiger partial charge is 0.422 e. The van der Waals surface area contributed by atoms with Crippen molar-refractivity contribution in [2.45, 2.75) is 12.8 Å². The molecule has 0 spiro atoms. The summed E-state index contributed by atoms with van der Waals surface area (Å²) in [6.07, 6.45) is -4.67. The maximum absolute atomic E-state index is 12.3. The Morgan fingerprint density at radius 2 is 1.88 bits per heavy atom. The van der Waals surface area contributed by atoms with Gasteiger partial charge in [0.15, 0.2) is 23.6 Å². The zero-order chi connectivity index (χ0) is 17.9. The van der Waals surface area contributed by atoms with Crippen LogP contribution in [0.2, 0.25) is 0 Å². The second-order valence-electron chi connectivity index (χ2n) is 4.44. The Bertz CT molecular complexity index is 776. The number of ether oxygens (including phenoxy) is 2. The van der Waals surface area contributed by atoms with E-state index in [-0.39, 0.29) is 21.6 Å². The van der Waals surface area contributed by atoms with Crippen LogP contribution in [-0.4, -0.2) is 34.5 Å². The molecule has 0 bridgehead atoms. The lowest BCUT2D eigenvalue weighted by Crippen LogP contribution is -2.20. The number of nitrogens with zero attached hydrogens (tertiary/aromatic N) is 2. The summed E-state index contributed by atoms with van der Waals surface area (Å²) < 4.78 is 70.1. The molecule has 1 aromatic heterocycles. The lowest BCUT2D eigenvalue weighted by molar-refractivity contribution is -0.154. The van der Waals surface area contributed by atoms with Gasteiger partial charge in [-0.1, -0.05) is 4.85 Å².